The first-order valence-electron chi connectivity index (χ1n) is 46.4. The van der Waals surface area contributed by atoms with Crippen molar-refractivity contribution in [2.75, 3.05) is 99.3 Å². The van der Waals surface area contributed by atoms with E-state index in [2.05, 4.69) is 218 Å². The molecule has 0 spiro atoms. The molecule has 8 aromatic carbocycles. The molecular formula is C117H127N7O7. The number of carbonyl (C=O) groups is 5. The van der Waals surface area contributed by atoms with Crippen molar-refractivity contribution < 1.29 is 33.4 Å². The Hall–Kier alpha value is -12.8. The molecule has 5 aliphatic heterocycles. The van der Waals surface area contributed by atoms with E-state index in [1.54, 1.807) is 39.0 Å². The Morgan fingerprint density at radius 2 is 0.565 bits per heavy atom. The number of para-hydroxylation sites is 2. The number of ether oxygens (including phenoxy) is 2. The molecule has 672 valence electrons. The van der Waals surface area contributed by atoms with Crippen LogP contribution < -0.4 is 9.47 Å². The van der Waals surface area contributed by atoms with Crippen LogP contribution in [0.25, 0.3) is 60.8 Å². The molecule has 2 aromatic heterocycles. The van der Waals surface area contributed by atoms with Crippen LogP contribution >= 0.6 is 0 Å². The largest absolute Gasteiger partial charge is 0.496 e. The Balaban J connectivity index is 0.000000140. The minimum atomic E-state index is 0.0904. The number of Topliss-reactive ketones (excluding diaryl/α,β-unsaturated/α-hetero) is 5. The highest BCUT2D eigenvalue weighted by Gasteiger charge is 2.38. The third-order valence-electron chi connectivity index (χ3n) is 24.2. The third kappa shape index (κ3) is 29.1. The summed E-state index contributed by atoms with van der Waals surface area (Å²) in [5.74, 6) is 3.60. The van der Waals surface area contributed by atoms with Gasteiger partial charge in [0, 0.05) is 169 Å². The number of aromatic nitrogens is 2. The van der Waals surface area contributed by atoms with Gasteiger partial charge in [-0.2, -0.15) is 0 Å². The molecule has 0 radical (unpaired) electrons. The molecule has 17 rings (SSSR count). The van der Waals surface area contributed by atoms with Crippen molar-refractivity contribution in [3.05, 3.63) is 389 Å². The zero-order valence-electron chi connectivity index (χ0n) is 78.3. The topological polar surface area (TPSA) is 146 Å². The molecule has 0 unspecified atom stereocenters. The number of carbonyl (C=O) groups excluding carboxylic acids is 5. The van der Waals surface area contributed by atoms with E-state index in [1.807, 2.05) is 170 Å². The molecule has 0 amide bonds. The molecular weight excluding hydrogens is 1620 g/mol. The molecule has 0 N–H and O–H groups in total. The molecule has 0 atom stereocenters. The molecule has 131 heavy (non-hydrogen) atoms. The van der Waals surface area contributed by atoms with Gasteiger partial charge in [-0.15, -0.1) is 0 Å². The second kappa shape index (κ2) is 47.7. The van der Waals surface area contributed by atoms with E-state index in [1.165, 1.54) is 47.9 Å². The Morgan fingerprint density at radius 3 is 0.840 bits per heavy atom. The van der Waals surface area contributed by atoms with Crippen LogP contribution in [0, 0.1) is 39.5 Å². The first-order chi connectivity index (χ1) is 63.5. The summed E-state index contributed by atoms with van der Waals surface area (Å²) in [7, 11) is 3.31. The number of hydrogen-bond acceptors (Lipinski definition) is 14. The van der Waals surface area contributed by atoms with Gasteiger partial charge < -0.3 is 9.47 Å². The molecule has 7 aliphatic rings. The number of pyridine rings is 2. The van der Waals surface area contributed by atoms with Gasteiger partial charge in [0.15, 0.2) is 28.9 Å². The van der Waals surface area contributed by atoms with Gasteiger partial charge >= 0.3 is 0 Å². The van der Waals surface area contributed by atoms with E-state index in [4.69, 9.17) is 9.47 Å². The Morgan fingerprint density at radius 1 is 0.305 bits per heavy atom. The lowest BCUT2D eigenvalue weighted by atomic mass is 9.93. The summed E-state index contributed by atoms with van der Waals surface area (Å²) in [6.07, 6.45) is 34.5. The van der Waals surface area contributed by atoms with Gasteiger partial charge in [0.2, 0.25) is 0 Å². The first-order valence-corrected chi connectivity index (χ1v) is 46.4. The van der Waals surface area contributed by atoms with Gasteiger partial charge in [0.05, 0.1) is 14.2 Å². The highest BCUT2D eigenvalue weighted by molar-refractivity contribution is 6.18. The minimum absolute atomic E-state index is 0.0904. The third-order valence-corrected chi connectivity index (χ3v) is 24.2. The van der Waals surface area contributed by atoms with Crippen LogP contribution in [0.15, 0.2) is 311 Å². The van der Waals surface area contributed by atoms with E-state index in [0.29, 0.717) is 50.1 Å². The molecule has 14 heteroatoms. The lowest BCUT2D eigenvalue weighted by molar-refractivity contribution is -0.114. The van der Waals surface area contributed by atoms with Crippen LogP contribution in [0.1, 0.15) is 151 Å². The zero-order valence-corrected chi connectivity index (χ0v) is 78.3. The van der Waals surface area contributed by atoms with Crippen molar-refractivity contribution in [1.82, 2.24) is 34.5 Å². The summed E-state index contributed by atoms with van der Waals surface area (Å²) in [6, 6.07) is 78.1. The van der Waals surface area contributed by atoms with Gasteiger partial charge in [0.1, 0.15) is 11.5 Å². The highest BCUT2D eigenvalue weighted by atomic mass is 16.5. The van der Waals surface area contributed by atoms with Crippen molar-refractivity contribution in [2.24, 2.45) is 11.8 Å². The quantitative estimate of drug-likeness (QED) is 0.0629. The van der Waals surface area contributed by atoms with E-state index < -0.39 is 0 Å². The van der Waals surface area contributed by atoms with E-state index >= 15 is 0 Å². The fourth-order valence-electron chi connectivity index (χ4n) is 16.9. The second-order valence-electron chi connectivity index (χ2n) is 36.2. The second-order valence-corrected chi connectivity index (χ2v) is 36.2. The number of methoxy groups -OCH3 is 2. The number of likely N-dealkylation sites (tertiary alicyclic amines) is 5. The average Bonchev–Trinajstić information content (AvgIpc) is 1.60. The summed E-state index contributed by atoms with van der Waals surface area (Å²) >= 11 is 0. The number of hydrogen-bond donors (Lipinski definition) is 0. The average molecular weight is 1740 g/mol. The lowest BCUT2D eigenvalue weighted by Crippen LogP contribution is -2.39. The number of benzene rings is 8. The van der Waals surface area contributed by atoms with Crippen LogP contribution in [0.5, 0.6) is 11.5 Å². The van der Waals surface area contributed by atoms with Crippen molar-refractivity contribution >= 4 is 89.7 Å². The molecule has 2 saturated carbocycles. The fourth-order valence-corrected chi connectivity index (χ4v) is 16.9. The summed E-state index contributed by atoms with van der Waals surface area (Å²) in [5, 5.41) is 0. The predicted octanol–water partition coefficient (Wildman–Crippen LogP) is 22.7. The van der Waals surface area contributed by atoms with Crippen molar-refractivity contribution in [3.63, 3.8) is 0 Å². The maximum atomic E-state index is 13.4. The lowest BCUT2D eigenvalue weighted by Gasteiger charge is -2.30. The van der Waals surface area contributed by atoms with E-state index in [0.717, 1.165) is 195 Å². The smallest absolute Gasteiger partial charge is 0.187 e. The number of likely N-dealkylation sites (N-methyl/N-ethyl adjacent to an activating group) is 1. The Bertz CT molecular complexity index is 5630. The number of rotatable bonds is 21. The first kappa shape index (κ1) is 95.8. The number of nitrogens with zero attached hydrogens (tertiary/aromatic N) is 7. The number of piperidine rings is 5. The summed E-state index contributed by atoms with van der Waals surface area (Å²) in [4.78, 5) is 85.7. The van der Waals surface area contributed by atoms with Crippen molar-refractivity contribution in [3.8, 4) is 11.5 Å². The van der Waals surface area contributed by atoms with Gasteiger partial charge in [-0.3, -0.25) is 58.4 Å². The number of aryl methyl sites for hydroxylation is 4. The minimum Gasteiger partial charge on any atom is -0.496 e. The Kier molecular flexibility index (Phi) is 34.9. The van der Waals surface area contributed by atoms with Crippen LogP contribution in [-0.4, -0.2) is 175 Å². The maximum Gasteiger partial charge on any atom is 0.187 e. The molecule has 10 aromatic rings. The standard InChI is InChI=1S/C26H31NO3.C26H31NO.C24H25NO.C21H20N2O.C20H20N2O/c1-19(2)13-14-27-17-22(15-20-9-5-7-11-24(20)29-3)26(28)23(18-27)16-21-10-6-8-12-25(21)30-4;1-19(2)11-12-27-17-24(15-22-9-5-7-20(3)13-22)26(28)25(18-27)16-23-10-6-8-21(4)14-23;1-17-5-3-7-19(11-17)13-21-15-25(23-9-10-23)16-22(24(21)26)14-20-8-4-6-18(2)12-20;24-21-18(11-16-5-2-1-3-6-16)14-23(20-8-9-20)15-19(21)12-17-7-4-10-22-13-17;1-2-22-14-18(11-16-7-4-3-5-8-16)20(23)19(15-22)12-17-9-6-10-21-13-17/h5-12,15-16,19H,13-14,17-18H2,1-4H3;5-10,13-16,19H,11-12,17-18H2,1-4H3;3-8,11-14,23H,9-10,15-16H2,1-2H3;1-7,10-13,20H,8-9,14-15H2;3-13H,2,14-15H2,1H3/b22-15+,23-16+;24-15+,25-16+;21-13+,22-14+;2*18-11+,19-12+. The molecule has 5 saturated heterocycles. The summed E-state index contributed by atoms with van der Waals surface area (Å²) < 4.78 is 11.0. The summed E-state index contributed by atoms with van der Waals surface area (Å²) in [6.45, 7) is 29.5. The van der Waals surface area contributed by atoms with Crippen LogP contribution in [-0.2, 0) is 24.0 Å². The molecule has 14 nitrogen and oxygen atoms in total. The SMILES string of the molecule is CCN1C/C(=C\c2ccccc2)C(=O)/C(=C/c2cccnc2)C1.COc1ccccc1/C=C1\CN(CCC(C)C)C/C(=C\c2ccccc2OC)C1=O.Cc1cccc(/C=C2\CN(C3CC3)C/C(=C\c3cccc(C)c3)C2=O)c1.Cc1cccc(/C=C2\CN(CCC(C)C)C/C(=C\c3cccc(C)c3)C2=O)c1.O=C1/C(=C/c2ccccc2)CN(C2CC2)C/C1=C\c1cccnc1. The van der Waals surface area contributed by atoms with E-state index in [9.17, 15) is 24.0 Å². The van der Waals surface area contributed by atoms with Crippen LogP contribution in [0.2, 0.25) is 0 Å². The normalized spacial score (nSPS) is 19.7. The van der Waals surface area contributed by atoms with Gasteiger partial charge in [-0.05, 0) is 227 Å². The number of ketones is 5. The fraction of sp³-hybridized carbons (Fsp3) is 0.291. The van der Waals surface area contributed by atoms with Crippen molar-refractivity contribution in [1.29, 1.82) is 0 Å². The van der Waals surface area contributed by atoms with Gasteiger partial charge in [-0.25, -0.2) is 0 Å². The Labute approximate surface area is 777 Å². The van der Waals surface area contributed by atoms with Crippen molar-refractivity contribution in [2.45, 2.75) is 113 Å². The molecule has 7 fully saturated rings. The molecule has 2 aliphatic carbocycles. The summed E-state index contributed by atoms with van der Waals surface area (Å²) in [5.41, 5.74) is 23.8. The predicted molar refractivity (Wildman–Crippen MR) is 540 cm³/mol. The molecule has 0 bridgehead atoms. The highest BCUT2D eigenvalue weighted by Crippen LogP contribution is 2.36. The van der Waals surface area contributed by atoms with Crippen LogP contribution in [0.4, 0.5) is 0 Å². The monoisotopic (exact) mass is 1740 g/mol. The zero-order chi connectivity index (χ0) is 92.1. The maximum absolute atomic E-state index is 13.4. The van der Waals surface area contributed by atoms with Gasteiger partial charge in [0.25, 0.3) is 0 Å². The van der Waals surface area contributed by atoms with Gasteiger partial charge in [-0.1, -0.05) is 263 Å². The van der Waals surface area contributed by atoms with E-state index in [-0.39, 0.29) is 28.9 Å². The molecule has 7 heterocycles. The van der Waals surface area contributed by atoms with Crippen LogP contribution in [0.3, 0.4) is 0 Å².